The molecule has 3 aliphatic rings. The molecule has 3 fully saturated rings. The lowest BCUT2D eigenvalue weighted by Crippen LogP contribution is -2.62. The molecule has 3 nitrogen and oxygen atoms in total. The number of piperidine rings is 1. The molecule has 156 valence electrons. The number of rotatable bonds is 1. The van der Waals surface area contributed by atoms with Gasteiger partial charge in [0.2, 0.25) is 5.91 Å². The van der Waals surface area contributed by atoms with E-state index in [1.54, 1.807) is 0 Å². The summed E-state index contributed by atoms with van der Waals surface area (Å²) in [5.41, 5.74) is 0.304. The van der Waals surface area contributed by atoms with Gasteiger partial charge in [0.1, 0.15) is 0 Å². The zero-order chi connectivity index (χ0) is 20.5. The van der Waals surface area contributed by atoms with Crippen LogP contribution in [-0.4, -0.2) is 29.0 Å². The number of carbonyl (C=O) groups is 1. The molecule has 4 heteroatoms. The largest absolute Gasteiger partial charge is 0.400 e. The zero-order valence-electron chi connectivity index (χ0n) is 18.4. The fraction of sp³-hybridized carbons (Fsp3) is 0.955. The van der Waals surface area contributed by atoms with E-state index in [0.717, 1.165) is 37.2 Å². The number of carbonyl (C=O) groups excluding carboxylic acids is 1. The Kier molecular flexibility index (Phi) is 12.3. The van der Waals surface area contributed by atoms with Crippen molar-refractivity contribution in [1.29, 1.82) is 0 Å². The van der Waals surface area contributed by atoms with Gasteiger partial charge in [-0.2, -0.15) is 0 Å². The molecule has 0 aromatic heterocycles. The van der Waals surface area contributed by atoms with Crippen LogP contribution in [0.4, 0.5) is 0 Å². The fourth-order valence-corrected chi connectivity index (χ4v) is 6.49. The van der Waals surface area contributed by atoms with Gasteiger partial charge in [-0.15, -0.1) is 0 Å². The smallest absolute Gasteiger partial charge is 0.234 e. The van der Waals surface area contributed by atoms with E-state index in [0.29, 0.717) is 11.5 Å². The maximum absolute atomic E-state index is 12.0. The molecule has 2 aliphatic carbocycles. The van der Waals surface area contributed by atoms with Gasteiger partial charge in [-0.3, -0.25) is 4.79 Å². The summed E-state index contributed by atoms with van der Waals surface area (Å²) in [6.07, 6.45) is 7.62. The second-order valence-electron chi connectivity index (χ2n) is 7.69. The Hall–Kier alpha value is -0.0900. The SMILES string of the molecule is CC.CC.CCC1CCC2C(CCC3NC(=O)C(Br)CC32C)C1C.CO. The van der Waals surface area contributed by atoms with Gasteiger partial charge in [-0.25, -0.2) is 0 Å². The highest BCUT2D eigenvalue weighted by atomic mass is 79.9. The Bertz CT molecular complexity index is 404. The molecule has 0 bridgehead atoms. The van der Waals surface area contributed by atoms with E-state index in [2.05, 4.69) is 42.0 Å². The van der Waals surface area contributed by atoms with Crippen LogP contribution in [0.5, 0.6) is 0 Å². The third kappa shape index (κ3) is 5.25. The number of aliphatic hydroxyl groups is 1. The summed E-state index contributed by atoms with van der Waals surface area (Å²) >= 11 is 3.60. The first-order chi connectivity index (χ1) is 12.5. The van der Waals surface area contributed by atoms with Crippen LogP contribution in [0.15, 0.2) is 0 Å². The van der Waals surface area contributed by atoms with Gasteiger partial charge in [0.15, 0.2) is 0 Å². The first-order valence-electron chi connectivity index (χ1n) is 10.9. The minimum atomic E-state index is 0.0155. The highest BCUT2D eigenvalue weighted by molar-refractivity contribution is 9.10. The molecule has 0 aromatic rings. The first kappa shape index (κ1) is 25.9. The number of halogens is 1. The Labute approximate surface area is 171 Å². The molecule has 3 rings (SSSR count). The van der Waals surface area contributed by atoms with Crippen molar-refractivity contribution in [2.75, 3.05) is 7.11 Å². The molecule has 2 N–H and O–H groups in total. The third-order valence-electron chi connectivity index (χ3n) is 6.96. The van der Waals surface area contributed by atoms with Gasteiger partial charge >= 0.3 is 0 Å². The van der Waals surface area contributed by atoms with Gasteiger partial charge in [-0.05, 0) is 61.2 Å². The molecule has 0 radical (unpaired) electrons. The molecule has 0 aromatic carbocycles. The monoisotopic (exact) mass is 433 g/mol. The van der Waals surface area contributed by atoms with Crippen molar-refractivity contribution in [2.45, 2.75) is 97.9 Å². The number of fused-ring (bicyclic) bond motifs is 3. The highest BCUT2D eigenvalue weighted by Crippen LogP contribution is 2.57. The van der Waals surface area contributed by atoms with Crippen molar-refractivity contribution in [3.8, 4) is 0 Å². The highest BCUT2D eigenvalue weighted by Gasteiger charge is 2.55. The van der Waals surface area contributed by atoms with Gasteiger partial charge in [-0.1, -0.05) is 70.8 Å². The summed E-state index contributed by atoms with van der Waals surface area (Å²) < 4.78 is 0. The normalized spacial score (nSPS) is 40.6. The van der Waals surface area contributed by atoms with E-state index in [1.165, 1.54) is 32.1 Å². The number of amides is 1. The molecule has 1 heterocycles. The van der Waals surface area contributed by atoms with Crippen LogP contribution in [-0.2, 0) is 4.79 Å². The maximum Gasteiger partial charge on any atom is 0.234 e. The van der Waals surface area contributed by atoms with Crippen LogP contribution >= 0.6 is 15.9 Å². The van der Waals surface area contributed by atoms with E-state index in [4.69, 9.17) is 5.11 Å². The summed E-state index contributed by atoms with van der Waals surface area (Å²) in [5, 5.41) is 10.3. The molecule has 26 heavy (non-hydrogen) atoms. The van der Waals surface area contributed by atoms with E-state index < -0.39 is 0 Å². The Morgan fingerprint density at radius 1 is 1.12 bits per heavy atom. The predicted molar refractivity (Wildman–Crippen MR) is 117 cm³/mol. The van der Waals surface area contributed by atoms with E-state index in [9.17, 15) is 4.79 Å². The number of alkyl halides is 1. The molecule has 1 saturated heterocycles. The predicted octanol–water partition coefficient (Wildman–Crippen LogP) is 5.79. The Balaban J connectivity index is 0.000000948. The van der Waals surface area contributed by atoms with E-state index >= 15 is 0 Å². The molecular weight excluding hydrogens is 390 g/mol. The van der Waals surface area contributed by atoms with Crippen LogP contribution < -0.4 is 5.32 Å². The minimum absolute atomic E-state index is 0.0155. The number of hydrogen-bond acceptors (Lipinski definition) is 2. The van der Waals surface area contributed by atoms with Crippen molar-refractivity contribution < 1.29 is 9.90 Å². The Morgan fingerprint density at radius 2 is 1.69 bits per heavy atom. The molecule has 1 aliphatic heterocycles. The first-order valence-corrected chi connectivity index (χ1v) is 11.8. The standard InChI is InChI=1S/C17H28BrNO.2C2H6.CH4O/c1-4-11-5-7-13-12(10(11)2)6-8-15-17(13,3)9-14(18)16(20)19-15;3*1-2/h10-15H,4-9H2,1-3H3,(H,19,20);2*1-2H3;2H,1H3. The summed E-state index contributed by atoms with van der Waals surface area (Å²) in [4.78, 5) is 12.0. The fourth-order valence-electron chi connectivity index (χ4n) is 5.66. The van der Waals surface area contributed by atoms with Crippen LogP contribution in [0.25, 0.3) is 0 Å². The Morgan fingerprint density at radius 3 is 2.23 bits per heavy atom. The van der Waals surface area contributed by atoms with E-state index in [-0.39, 0.29) is 10.7 Å². The van der Waals surface area contributed by atoms with Crippen molar-refractivity contribution in [3.63, 3.8) is 0 Å². The third-order valence-corrected chi connectivity index (χ3v) is 7.70. The van der Waals surface area contributed by atoms with Crippen molar-refractivity contribution in [1.82, 2.24) is 5.32 Å². The average molecular weight is 435 g/mol. The van der Waals surface area contributed by atoms with E-state index in [1.807, 2.05) is 27.7 Å². The second-order valence-corrected chi connectivity index (χ2v) is 8.80. The number of aliphatic hydroxyl groups excluding tert-OH is 1. The summed E-state index contributed by atoms with van der Waals surface area (Å²) in [6.45, 7) is 15.3. The average Bonchev–Trinajstić information content (AvgIpc) is 2.68. The van der Waals surface area contributed by atoms with Crippen LogP contribution in [0, 0.1) is 29.1 Å². The molecular formula is C22H44BrNO2. The van der Waals surface area contributed by atoms with Gasteiger partial charge < -0.3 is 10.4 Å². The van der Waals surface area contributed by atoms with Crippen molar-refractivity contribution >= 4 is 21.8 Å². The van der Waals surface area contributed by atoms with Crippen LogP contribution in [0.2, 0.25) is 0 Å². The van der Waals surface area contributed by atoms with Crippen LogP contribution in [0.1, 0.15) is 87.0 Å². The summed E-state index contributed by atoms with van der Waals surface area (Å²) in [5.74, 6) is 3.68. The minimum Gasteiger partial charge on any atom is -0.400 e. The lowest BCUT2D eigenvalue weighted by molar-refractivity contribution is -0.132. The van der Waals surface area contributed by atoms with Gasteiger partial charge in [0.25, 0.3) is 0 Å². The molecule has 0 spiro atoms. The zero-order valence-corrected chi connectivity index (χ0v) is 20.0. The number of nitrogens with one attached hydrogen (secondary N) is 1. The van der Waals surface area contributed by atoms with Crippen molar-refractivity contribution in [2.24, 2.45) is 29.1 Å². The molecule has 7 atom stereocenters. The quantitative estimate of drug-likeness (QED) is 0.514. The maximum atomic E-state index is 12.0. The van der Waals surface area contributed by atoms with Gasteiger partial charge in [0.05, 0.1) is 4.83 Å². The molecule has 1 amide bonds. The lowest BCUT2D eigenvalue weighted by atomic mass is 9.50. The summed E-state index contributed by atoms with van der Waals surface area (Å²) in [7, 11) is 1.00. The molecule has 2 saturated carbocycles. The topological polar surface area (TPSA) is 49.3 Å². The lowest BCUT2D eigenvalue weighted by Gasteiger charge is -2.58. The van der Waals surface area contributed by atoms with Crippen LogP contribution in [0.3, 0.4) is 0 Å². The summed E-state index contributed by atoms with van der Waals surface area (Å²) in [6, 6.07) is 0.412. The second kappa shape index (κ2) is 12.4. The molecule has 7 unspecified atom stereocenters. The van der Waals surface area contributed by atoms with Crippen molar-refractivity contribution in [3.05, 3.63) is 0 Å². The number of hydrogen-bond donors (Lipinski definition) is 2. The van der Waals surface area contributed by atoms with Gasteiger partial charge in [0, 0.05) is 13.2 Å².